The van der Waals surface area contributed by atoms with Crippen LogP contribution < -0.4 is 5.56 Å². The third-order valence-electron chi connectivity index (χ3n) is 2.94. The lowest BCUT2D eigenvalue weighted by Crippen LogP contribution is -2.17. The van der Waals surface area contributed by atoms with Gasteiger partial charge in [-0.15, -0.1) is 0 Å². The topological polar surface area (TPSA) is 34.9 Å². The van der Waals surface area contributed by atoms with Gasteiger partial charge in [-0.25, -0.2) is 4.98 Å². The van der Waals surface area contributed by atoms with Crippen molar-refractivity contribution < 1.29 is 0 Å². The van der Waals surface area contributed by atoms with Crippen molar-refractivity contribution in [2.24, 2.45) is 0 Å². The Balaban J connectivity index is 2.38. The first-order valence-corrected chi connectivity index (χ1v) is 5.79. The van der Waals surface area contributed by atoms with E-state index in [1.807, 2.05) is 49.5 Å². The minimum atomic E-state index is -0.0653. The highest BCUT2D eigenvalue weighted by molar-refractivity contribution is 5.88. The molecular weight excluding hydrogens is 224 g/mol. The van der Waals surface area contributed by atoms with Crippen molar-refractivity contribution in [3.8, 4) is 5.82 Å². The van der Waals surface area contributed by atoms with Gasteiger partial charge in [0.05, 0.1) is 0 Å². The lowest BCUT2D eigenvalue weighted by molar-refractivity contribution is 0.942. The zero-order chi connectivity index (χ0) is 12.5. The second-order valence-corrected chi connectivity index (χ2v) is 4.27. The largest absolute Gasteiger partial charge is 0.269 e. The normalized spacial score (nSPS) is 10.7. The van der Waals surface area contributed by atoms with Crippen molar-refractivity contribution in [3.05, 3.63) is 70.8 Å². The van der Waals surface area contributed by atoms with E-state index in [9.17, 15) is 4.79 Å². The molecule has 0 N–H and O–H groups in total. The van der Waals surface area contributed by atoms with Crippen molar-refractivity contribution in [2.45, 2.75) is 6.92 Å². The molecule has 88 valence electrons. The fraction of sp³-hybridized carbons (Fsp3) is 0.0667. The molecule has 1 aromatic carbocycles. The summed E-state index contributed by atoms with van der Waals surface area (Å²) in [6.45, 7) is 1.96. The number of fused-ring (bicyclic) bond motifs is 1. The summed E-state index contributed by atoms with van der Waals surface area (Å²) in [7, 11) is 0. The molecule has 0 saturated heterocycles. The number of hydrogen-bond donors (Lipinski definition) is 0. The zero-order valence-corrected chi connectivity index (χ0v) is 10.00. The van der Waals surface area contributed by atoms with Gasteiger partial charge in [0.15, 0.2) is 0 Å². The molecule has 3 nitrogen and oxygen atoms in total. The van der Waals surface area contributed by atoms with E-state index in [0.29, 0.717) is 5.82 Å². The van der Waals surface area contributed by atoms with Crippen LogP contribution in [0.4, 0.5) is 0 Å². The summed E-state index contributed by atoms with van der Waals surface area (Å²) in [6.07, 6.45) is 3.55. The Kier molecular flexibility index (Phi) is 2.45. The van der Waals surface area contributed by atoms with E-state index in [1.165, 1.54) is 0 Å². The molecule has 3 rings (SSSR count). The molecule has 0 fully saturated rings. The van der Waals surface area contributed by atoms with Crippen LogP contribution in [0.15, 0.2) is 59.7 Å². The summed E-state index contributed by atoms with van der Waals surface area (Å²) in [5, 5.41) is 2.06. The summed E-state index contributed by atoms with van der Waals surface area (Å²) in [5.74, 6) is 0.682. The molecule has 18 heavy (non-hydrogen) atoms. The monoisotopic (exact) mass is 236 g/mol. The van der Waals surface area contributed by atoms with Crippen LogP contribution in [-0.2, 0) is 0 Å². The first-order chi connectivity index (χ1) is 8.75. The van der Waals surface area contributed by atoms with E-state index in [4.69, 9.17) is 0 Å². The van der Waals surface area contributed by atoms with Gasteiger partial charge in [0.25, 0.3) is 5.56 Å². The van der Waals surface area contributed by atoms with E-state index in [-0.39, 0.29) is 5.56 Å². The van der Waals surface area contributed by atoms with Gasteiger partial charge in [-0.05, 0) is 23.9 Å². The average Bonchev–Trinajstić information content (AvgIpc) is 2.41. The Hall–Kier alpha value is -2.42. The Morgan fingerprint density at radius 3 is 2.78 bits per heavy atom. The third-order valence-corrected chi connectivity index (χ3v) is 2.94. The predicted molar refractivity (Wildman–Crippen MR) is 72.1 cm³/mol. The molecular formula is C15H12N2O. The number of pyridine rings is 2. The quantitative estimate of drug-likeness (QED) is 0.651. The van der Waals surface area contributed by atoms with E-state index in [0.717, 1.165) is 16.3 Å². The maximum Gasteiger partial charge on any atom is 0.256 e. The Labute approximate surface area is 104 Å². The number of rotatable bonds is 1. The maximum atomic E-state index is 11.9. The van der Waals surface area contributed by atoms with Crippen LogP contribution in [0, 0.1) is 6.92 Å². The minimum Gasteiger partial charge on any atom is -0.269 e. The highest BCUT2D eigenvalue weighted by atomic mass is 16.1. The SMILES string of the molecule is Cc1ccc(=O)n(-c2nccc3ccccc23)c1. The van der Waals surface area contributed by atoms with Crippen molar-refractivity contribution >= 4 is 10.8 Å². The van der Waals surface area contributed by atoms with Gasteiger partial charge in [-0.2, -0.15) is 0 Å². The van der Waals surface area contributed by atoms with Gasteiger partial charge >= 0.3 is 0 Å². The molecule has 3 heteroatoms. The van der Waals surface area contributed by atoms with E-state index >= 15 is 0 Å². The lowest BCUT2D eigenvalue weighted by Gasteiger charge is -2.08. The molecule has 0 bridgehead atoms. The van der Waals surface area contributed by atoms with Gasteiger partial charge in [0.1, 0.15) is 5.82 Å². The van der Waals surface area contributed by atoms with Crippen LogP contribution in [0.3, 0.4) is 0 Å². The van der Waals surface area contributed by atoms with Crippen LogP contribution >= 0.6 is 0 Å². The minimum absolute atomic E-state index is 0.0653. The Morgan fingerprint density at radius 2 is 1.89 bits per heavy atom. The number of benzene rings is 1. The van der Waals surface area contributed by atoms with Gasteiger partial charge < -0.3 is 0 Å². The molecule has 0 aliphatic heterocycles. The number of aryl methyl sites for hydroxylation is 1. The van der Waals surface area contributed by atoms with Crippen LogP contribution in [0.1, 0.15) is 5.56 Å². The summed E-state index contributed by atoms with van der Waals surface area (Å²) < 4.78 is 1.59. The summed E-state index contributed by atoms with van der Waals surface area (Å²) in [6, 6.07) is 13.2. The Bertz CT molecular complexity index is 769. The number of hydrogen-bond acceptors (Lipinski definition) is 2. The average molecular weight is 236 g/mol. The predicted octanol–water partition coefficient (Wildman–Crippen LogP) is 2.69. The molecule has 0 unspecified atom stereocenters. The van der Waals surface area contributed by atoms with Gasteiger partial charge in [0, 0.05) is 23.8 Å². The number of aromatic nitrogens is 2. The smallest absolute Gasteiger partial charge is 0.256 e. The van der Waals surface area contributed by atoms with Crippen molar-refractivity contribution in [1.29, 1.82) is 0 Å². The van der Waals surface area contributed by atoms with Gasteiger partial charge in [0.2, 0.25) is 0 Å². The van der Waals surface area contributed by atoms with Gasteiger partial charge in [-0.3, -0.25) is 9.36 Å². The molecule has 3 aromatic rings. The maximum absolute atomic E-state index is 11.9. The lowest BCUT2D eigenvalue weighted by atomic mass is 10.1. The molecule has 0 radical (unpaired) electrons. The molecule has 0 aliphatic carbocycles. The van der Waals surface area contributed by atoms with Crippen molar-refractivity contribution in [1.82, 2.24) is 9.55 Å². The summed E-state index contributed by atoms with van der Waals surface area (Å²) in [4.78, 5) is 16.3. The van der Waals surface area contributed by atoms with E-state index < -0.39 is 0 Å². The summed E-state index contributed by atoms with van der Waals surface area (Å²) in [5.41, 5.74) is 0.966. The molecule has 0 atom stereocenters. The second-order valence-electron chi connectivity index (χ2n) is 4.27. The molecule has 0 aliphatic rings. The van der Waals surface area contributed by atoms with Crippen LogP contribution in [0.2, 0.25) is 0 Å². The first kappa shape index (κ1) is 10.7. The highest BCUT2D eigenvalue weighted by Gasteiger charge is 2.05. The molecule has 0 saturated carbocycles. The standard InChI is InChI=1S/C15H12N2O/c1-11-6-7-14(18)17(10-11)15-13-5-3-2-4-12(13)8-9-16-15/h2-10H,1H3. The molecule has 0 amide bonds. The number of nitrogens with zero attached hydrogens (tertiary/aromatic N) is 2. The Morgan fingerprint density at radius 1 is 1.06 bits per heavy atom. The third kappa shape index (κ3) is 1.70. The molecule has 2 aromatic heterocycles. The zero-order valence-electron chi connectivity index (χ0n) is 10.00. The van der Waals surface area contributed by atoms with Crippen molar-refractivity contribution in [3.63, 3.8) is 0 Å². The van der Waals surface area contributed by atoms with E-state index in [1.54, 1.807) is 16.8 Å². The van der Waals surface area contributed by atoms with Crippen LogP contribution in [-0.4, -0.2) is 9.55 Å². The highest BCUT2D eigenvalue weighted by Crippen LogP contribution is 2.18. The fourth-order valence-electron chi connectivity index (χ4n) is 2.05. The fourth-order valence-corrected chi connectivity index (χ4v) is 2.05. The summed E-state index contributed by atoms with van der Waals surface area (Å²) >= 11 is 0. The van der Waals surface area contributed by atoms with Crippen LogP contribution in [0.25, 0.3) is 16.6 Å². The first-order valence-electron chi connectivity index (χ1n) is 5.79. The van der Waals surface area contributed by atoms with Crippen LogP contribution in [0.5, 0.6) is 0 Å². The van der Waals surface area contributed by atoms with Crippen molar-refractivity contribution in [2.75, 3.05) is 0 Å². The second kappa shape index (κ2) is 4.11. The van der Waals surface area contributed by atoms with E-state index in [2.05, 4.69) is 4.98 Å². The molecule has 0 spiro atoms. The van der Waals surface area contributed by atoms with Gasteiger partial charge in [-0.1, -0.05) is 30.3 Å². The molecule has 2 heterocycles.